The molecule has 0 heterocycles. The van der Waals surface area contributed by atoms with Gasteiger partial charge in [0.05, 0.1) is 0 Å². The second-order valence-corrected chi connectivity index (χ2v) is 2.42. The van der Waals surface area contributed by atoms with Crippen LogP contribution in [-0.4, -0.2) is 32.1 Å². The molecule has 0 radical (unpaired) electrons. The Kier molecular flexibility index (Phi) is 4.76. The molecule has 0 unspecified atom stereocenters. The highest BCUT2D eigenvalue weighted by Crippen LogP contribution is 1.91. The summed E-state index contributed by atoms with van der Waals surface area (Å²) in [5.41, 5.74) is 6.49. The van der Waals surface area contributed by atoms with Gasteiger partial charge in [-0.15, -0.1) is 0 Å². The highest BCUT2D eigenvalue weighted by atomic mass is 15.1. The molecule has 0 aromatic heterocycles. The van der Waals surface area contributed by atoms with Gasteiger partial charge in [-0.1, -0.05) is 0 Å². The van der Waals surface area contributed by atoms with E-state index < -0.39 is 0 Å². The first-order valence-electron chi connectivity index (χ1n) is 3.46. The van der Waals surface area contributed by atoms with Crippen LogP contribution in [0.3, 0.4) is 0 Å². The molecule has 0 saturated carbocycles. The normalized spacial score (nSPS) is 11.4. The molecule has 0 rings (SSSR count). The van der Waals surface area contributed by atoms with E-state index in [2.05, 4.69) is 5.32 Å². The molecule has 0 spiro atoms. The smallest absolute Gasteiger partial charge is 0.0265 e. The molecule has 10 heavy (non-hydrogen) atoms. The van der Waals surface area contributed by atoms with Crippen LogP contribution in [0.4, 0.5) is 0 Å². The molecule has 3 N–H and O–H groups in total. The third-order valence-electron chi connectivity index (χ3n) is 1.31. The van der Waals surface area contributed by atoms with Crippen molar-refractivity contribution in [3.05, 3.63) is 11.9 Å². The summed E-state index contributed by atoms with van der Waals surface area (Å²) in [6.07, 6.45) is 1.97. The average molecular weight is 143 g/mol. The van der Waals surface area contributed by atoms with Crippen molar-refractivity contribution in [2.75, 3.05) is 27.2 Å². The minimum Gasteiger partial charge on any atom is -0.388 e. The minimum atomic E-state index is 0.678. The molecular formula is C7H17N3. The summed E-state index contributed by atoms with van der Waals surface area (Å²) in [4.78, 5) is 2.05. The summed E-state index contributed by atoms with van der Waals surface area (Å²) in [7, 11) is 4.02. The summed E-state index contributed by atoms with van der Waals surface area (Å²) >= 11 is 0. The fourth-order valence-corrected chi connectivity index (χ4v) is 0.432. The van der Waals surface area contributed by atoms with Crippen LogP contribution in [-0.2, 0) is 0 Å². The lowest BCUT2D eigenvalue weighted by atomic mass is 10.5. The Hall–Kier alpha value is -0.700. The molecular weight excluding hydrogens is 126 g/mol. The fourth-order valence-electron chi connectivity index (χ4n) is 0.432. The van der Waals surface area contributed by atoms with Gasteiger partial charge < -0.3 is 16.0 Å². The number of allylic oxidation sites excluding steroid dienone is 1. The SMILES string of the molecule is CC(=CNCCN)N(C)C. The van der Waals surface area contributed by atoms with Crippen molar-refractivity contribution in [3.63, 3.8) is 0 Å². The molecule has 0 fully saturated rings. The van der Waals surface area contributed by atoms with E-state index in [-0.39, 0.29) is 0 Å². The first-order chi connectivity index (χ1) is 4.68. The monoisotopic (exact) mass is 143 g/mol. The van der Waals surface area contributed by atoms with Crippen LogP contribution in [0.1, 0.15) is 6.92 Å². The standard InChI is InChI=1S/C7H17N3/c1-7(10(2)3)6-9-5-4-8/h6,9H,4-5,8H2,1-3H3. The molecule has 60 valence electrons. The third-order valence-corrected chi connectivity index (χ3v) is 1.31. The number of nitrogens with two attached hydrogens (primary N) is 1. The number of hydrogen-bond acceptors (Lipinski definition) is 3. The Morgan fingerprint density at radius 2 is 2.20 bits per heavy atom. The lowest BCUT2D eigenvalue weighted by molar-refractivity contribution is 0.508. The zero-order valence-electron chi connectivity index (χ0n) is 7.02. The summed E-state index contributed by atoms with van der Waals surface area (Å²) in [6.45, 7) is 3.56. The third kappa shape index (κ3) is 4.21. The van der Waals surface area contributed by atoms with Crippen molar-refractivity contribution in [1.29, 1.82) is 0 Å². The van der Waals surface area contributed by atoms with E-state index in [4.69, 9.17) is 5.73 Å². The van der Waals surface area contributed by atoms with Gasteiger partial charge >= 0.3 is 0 Å². The van der Waals surface area contributed by atoms with Crippen LogP contribution in [0, 0.1) is 0 Å². The van der Waals surface area contributed by atoms with Crippen molar-refractivity contribution in [2.24, 2.45) is 5.73 Å². The molecule has 3 nitrogen and oxygen atoms in total. The Labute approximate surface area is 62.9 Å². The Balaban J connectivity index is 3.48. The highest BCUT2D eigenvalue weighted by molar-refractivity contribution is 4.93. The zero-order valence-corrected chi connectivity index (χ0v) is 7.02. The molecule has 0 saturated heterocycles. The van der Waals surface area contributed by atoms with E-state index in [9.17, 15) is 0 Å². The quantitative estimate of drug-likeness (QED) is 0.542. The van der Waals surface area contributed by atoms with Crippen molar-refractivity contribution in [2.45, 2.75) is 6.92 Å². The van der Waals surface area contributed by atoms with E-state index in [1.165, 1.54) is 5.70 Å². The summed E-state index contributed by atoms with van der Waals surface area (Å²) < 4.78 is 0. The Morgan fingerprint density at radius 3 is 2.60 bits per heavy atom. The van der Waals surface area contributed by atoms with Crippen molar-refractivity contribution in [3.8, 4) is 0 Å². The maximum absolute atomic E-state index is 5.29. The lowest BCUT2D eigenvalue weighted by Gasteiger charge is -2.12. The number of nitrogens with one attached hydrogen (secondary N) is 1. The molecule has 0 atom stereocenters. The predicted molar refractivity (Wildman–Crippen MR) is 44.5 cm³/mol. The minimum absolute atomic E-state index is 0.678. The lowest BCUT2D eigenvalue weighted by Crippen LogP contribution is -2.19. The number of rotatable bonds is 4. The largest absolute Gasteiger partial charge is 0.388 e. The molecule has 0 aliphatic heterocycles. The van der Waals surface area contributed by atoms with Crippen molar-refractivity contribution < 1.29 is 0 Å². The van der Waals surface area contributed by atoms with Gasteiger partial charge in [0.15, 0.2) is 0 Å². The molecule has 0 amide bonds. The van der Waals surface area contributed by atoms with Crippen LogP contribution in [0.5, 0.6) is 0 Å². The van der Waals surface area contributed by atoms with E-state index in [0.717, 1.165) is 6.54 Å². The van der Waals surface area contributed by atoms with Crippen LogP contribution < -0.4 is 11.1 Å². The predicted octanol–water partition coefficient (Wildman–Crippen LogP) is -0.0424. The van der Waals surface area contributed by atoms with Gasteiger partial charge in [0.25, 0.3) is 0 Å². The van der Waals surface area contributed by atoms with Crippen molar-refractivity contribution >= 4 is 0 Å². The van der Waals surface area contributed by atoms with Gasteiger partial charge in [-0.05, 0) is 6.92 Å². The highest BCUT2D eigenvalue weighted by Gasteiger charge is 1.87. The summed E-state index contributed by atoms with van der Waals surface area (Å²) in [5.74, 6) is 0. The zero-order chi connectivity index (χ0) is 7.98. The topological polar surface area (TPSA) is 41.3 Å². The van der Waals surface area contributed by atoms with Gasteiger partial charge in [0, 0.05) is 39.1 Å². The van der Waals surface area contributed by atoms with Crippen LogP contribution >= 0.6 is 0 Å². The first kappa shape index (κ1) is 9.30. The van der Waals surface area contributed by atoms with Crippen LogP contribution in [0.2, 0.25) is 0 Å². The van der Waals surface area contributed by atoms with Gasteiger partial charge in [-0.3, -0.25) is 0 Å². The summed E-state index contributed by atoms with van der Waals surface area (Å²) in [6, 6.07) is 0. The molecule has 0 aromatic carbocycles. The average Bonchev–Trinajstić information content (AvgIpc) is 1.88. The van der Waals surface area contributed by atoms with Crippen LogP contribution in [0.15, 0.2) is 11.9 Å². The maximum atomic E-state index is 5.29. The molecule has 3 heteroatoms. The molecule has 0 bridgehead atoms. The second kappa shape index (κ2) is 5.11. The van der Waals surface area contributed by atoms with Crippen molar-refractivity contribution in [1.82, 2.24) is 10.2 Å². The Morgan fingerprint density at radius 1 is 1.60 bits per heavy atom. The molecule has 0 aliphatic rings. The molecule has 0 aliphatic carbocycles. The van der Waals surface area contributed by atoms with E-state index in [0.29, 0.717) is 6.54 Å². The first-order valence-corrected chi connectivity index (χ1v) is 3.46. The van der Waals surface area contributed by atoms with Gasteiger partial charge in [0.1, 0.15) is 0 Å². The van der Waals surface area contributed by atoms with E-state index >= 15 is 0 Å². The van der Waals surface area contributed by atoms with Gasteiger partial charge in [-0.2, -0.15) is 0 Å². The van der Waals surface area contributed by atoms with Gasteiger partial charge in [0.2, 0.25) is 0 Å². The molecule has 0 aromatic rings. The Bertz CT molecular complexity index is 107. The van der Waals surface area contributed by atoms with Gasteiger partial charge in [-0.25, -0.2) is 0 Å². The second-order valence-electron chi connectivity index (χ2n) is 2.42. The number of hydrogen-bond donors (Lipinski definition) is 2. The van der Waals surface area contributed by atoms with E-state index in [1.807, 2.05) is 32.1 Å². The maximum Gasteiger partial charge on any atom is 0.0265 e. The fraction of sp³-hybridized carbons (Fsp3) is 0.714. The van der Waals surface area contributed by atoms with Crippen LogP contribution in [0.25, 0.3) is 0 Å². The van der Waals surface area contributed by atoms with E-state index in [1.54, 1.807) is 0 Å². The number of nitrogens with zero attached hydrogens (tertiary/aromatic N) is 1. The summed E-state index contributed by atoms with van der Waals surface area (Å²) in [5, 5.41) is 3.09.